The number of halogens is 2. The van der Waals surface area contributed by atoms with Gasteiger partial charge in [0, 0.05) is 48.7 Å². The largest absolute Gasteiger partial charge is 0.496 e. The molecule has 1 atom stereocenters. The topological polar surface area (TPSA) is 66.0 Å². The summed E-state index contributed by atoms with van der Waals surface area (Å²) < 4.78 is 6.44. The van der Waals surface area contributed by atoms with Crippen molar-refractivity contribution in [3.05, 3.63) is 28.2 Å². The fourth-order valence-corrected chi connectivity index (χ4v) is 4.37. The molecule has 1 aromatic carbocycles. The van der Waals surface area contributed by atoms with Crippen molar-refractivity contribution in [2.75, 3.05) is 27.2 Å². The quantitative estimate of drug-likeness (QED) is 0.326. The number of benzene rings is 1. The minimum Gasteiger partial charge on any atom is -0.496 e. The summed E-state index contributed by atoms with van der Waals surface area (Å²) in [6.45, 7) is 2.21. The van der Waals surface area contributed by atoms with Crippen molar-refractivity contribution in [3.63, 3.8) is 0 Å². The molecule has 1 aliphatic carbocycles. The first-order valence-corrected chi connectivity index (χ1v) is 10.5. The second-order valence-electron chi connectivity index (χ2n) is 7.28. The highest BCUT2D eigenvalue weighted by atomic mass is 127. The molecule has 2 N–H and O–H groups in total. The van der Waals surface area contributed by atoms with Crippen LogP contribution in [0.3, 0.4) is 0 Å². The van der Waals surface area contributed by atoms with E-state index in [1.54, 1.807) is 14.2 Å². The number of nitrogens with one attached hydrogen (secondary N) is 2. The van der Waals surface area contributed by atoms with Crippen molar-refractivity contribution in [1.29, 1.82) is 0 Å². The van der Waals surface area contributed by atoms with E-state index >= 15 is 0 Å². The lowest BCUT2D eigenvalue weighted by molar-refractivity contribution is -0.134. The lowest BCUT2D eigenvalue weighted by Crippen LogP contribution is -2.45. The van der Waals surface area contributed by atoms with Crippen LogP contribution in [-0.2, 0) is 11.3 Å². The molecule has 3 rings (SSSR count). The molecule has 0 radical (unpaired) electrons. The van der Waals surface area contributed by atoms with E-state index in [1.807, 2.05) is 23.1 Å². The fraction of sp³-hybridized carbons (Fsp3) is 0.600. The molecule has 2 aliphatic rings. The van der Waals surface area contributed by atoms with E-state index in [1.165, 1.54) is 12.8 Å². The Morgan fingerprint density at radius 1 is 1.32 bits per heavy atom. The Kier molecular flexibility index (Phi) is 9.33. The van der Waals surface area contributed by atoms with Crippen LogP contribution < -0.4 is 15.4 Å². The second kappa shape index (κ2) is 11.2. The number of likely N-dealkylation sites (tertiary alicyclic amines) is 1. The molecule has 1 saturated carbocycles. The van der Waals surface area contributed by atoms with Gasteiger partial charge in [-0.3, -0.25) is 9.79 Å². The predicted molar refractivity (Wildman–Crippen MR) is 126 cm³/mol. The number of methoxy groups -OCH3 is 1. The predicted octanol–water partition coefficient (Wildman–Crippen LogP) is 3.53. The van der Waals surface area contributed by atoms with Gasteiger partial charge in [-0.1, -0.05) is 28.8 Å². The van der Waals surface area contributed by atoms with Crippen LogP contribution in [0.5, 0.6) is 5.75 Å². The van der Waals surface area contributed by atoms with Gasteiger partial charge >= 0.3 is 0 Å². The van der Waals surface area contributed by atoms with Crippen LogP contribution in [0.25, 0.3) is 0 Å². The number of hydrogen-bond acceptors (Lipinski definition) is 3. The van der Waals surface area contributed by atoms with Crippen LogP contribution in [0.1, 0.15) is 37.7 Å². The highest BCUT2D eigenvalue weighted by Gasteiger charge is 2.32. The van der Waals surface area contributed by atoms with Crippen molar-refractivity contribution in [3.8, 4) is 5.75 Å². The maximum Gasteiger partial charge on any atom is 0.225 e. The third kappa shape index (κ3) is 5.98. The second-order valence-corrected chi connectivity index (χ2v) is 8.19. The number of carbonyl (C=O) groups is 1. The molecule has 1 aliphatic heterocycles. The van der Waals surface area contributed by atoms with Gasteiger partial charge < -0.3 is 20.3 Å². The average molecular weight is 565 g/mol. The van der Waals surface area contributed by atoms with Gasteiger partial charge in [0.15, 0.2) is 5.96 Å². The first-order chi connectivity index (χ1) is 13.1. The Hall–Kier alpha value is -1.03. The summed E-state index contributed by atoms with van der Waals surface area (Å²) in [5.74, 6) is 2.19. The Balaban J connectivity index is 0.00000280. The summed E-state index contributed by atoms with van der Waals surface area (Å²) in [5.41, 5.74) is 1.05. The summed E-state index contributed by atoms with van der Waals surface area (Å²) in [5, 5.41) is 6.80. The van der Waals surface area contributed by atoms with E-state index in [4.69, 9.17) is 4.74 Å². The number of ether oxygens (including phenoxy) is 1. The molecular formula is C20H30BrIN4O2. The molecule has 8 heteroatoms. The van der Waals surface area contributed by atoms with Crippen LogP contribution >= 0.6 is 39.9 Å². The van der Waals surface area contributed by atoms with Crippen molar-refractivity contribution < 1.29 is 9.53 Å². The van der Waals surface area contributed by atoms with E-state index in [0.29, 0.717) is 12.5 Å². The van der Waals surface area contributed by atoms with Gasteiger partial charge in [0.1, 0.15) is 5.75 Å². The van der Waals surface area contributed by atoms with Gasteiger partial charge in [0.05, 0.1) is 7.11 Å². The molecule has 28 heavy (non-hydrogen) atoms. The molecular weight excluding hydrogens is 535 g/mol. The smallest absolute Gasteiger partial charge is 0.225 e. The highest BCUT2D eigenvalue weighted by molar-refractivity contribution is 14.0. The molecule has 1 unspecified atom stereocenters. The highest BCUT2D eigenvalue weighted by Crippen LogP contribution is 2.28. The van der Waals surface area contributed by atoms with E-state index in [-0.39, 0.29) is 35.9 Å². The molecule has 6 nitrogen and oxygen atoms in total. The van der Waals surface area contributed by atoms with Crippen molar-refractivity contribution in [2.45, 2.75) is 44.7 Å². The first kappa shape index (κ1) is 23.3. The number of nitrogens with zero attached hydrogens (tertiary/aromatic N) is 2. The summed E-state index contributed by atoms with van der Waals surface area (Å²) in [7, 11) is 3.44. The molecule has 1 amide bonds. The molecule has 2 fully saturated rings. The standard InChI is InChI=1S/C20H29BrN4O2.HI/c1-22-20(23-12-15-11-16(21)7-8-18(15)27-2)24-17-9-10-25(13-17)19(26)14-5-3-4-6-14;/h7-8,11,14,17H,3-6,9-10,12-13H2,1-2H3,(H2,22,23,24);1H. The van der Waals surface area contributed by atoms with E-state index in [2.05, 4.69) is 31.6 Å². The Morgan fingerprint density at radius 2 is 2.07 bits per heavy atom. The molecule has 1 aromatic rings. The Bertz CT molecular complexity index is 695. The number of hydrogen-bond donors (Lipinski definition) is 2. The zero-order valence-corrected chi connectivity index (χ0v) is 20.5. The van der Waals surface area contributed by atoms with Gasteiger partial charge in [-0.05, 0) is 37.5 Å². The van der Waals surface area contributed by atoms with Gasteiger partial charge in [0.2, 0.25) is 5.91 Å². The monoisotopic (exact) mass is 564 g/mol. The number of amides is 1. The van der Waals surface area contributed by atoms with Gasteiger partial charge in [0.25, 0.3) is 0 Å². The number of rotatable bonds is 5. The van der Waals surface area contributed by atoms with E-state index < -0.39 is 0 Å². The number of carbonyl (C=O) groups excluding carboxylic acids is 1. The third-order valence-corrected chi connectivity index (χ3v) is 5.95. The first-order valence-electron chi connectivity index (χ1n) is 9.69. The van der Waals surface area contributed by atoms with E-state index in [9.17, 15) is 4.79 Å². The minimum absolute atomic E-state index is 0. The maximum atomic E-state index is 12.6. The maximum absolute atomic E-state index is 12.6. The lowest BCUT2D eigenvalue weighted by atomic mass is 10.1. The Labute approximate surface area is 193 Å². The normalized spacial score (nSPS) is 20.0. The van der Waals surface area contributed by atoms with Crippen LogP contribution in [0.2, 0.25) is 0 Å². The summed E-state index contributed by atoms with van der Waals surface area (Å²) in [4.78, 5) is 19.0. The van der Waals surface area contributed by atoms with Crippen LogP contribution in [0.15, 0.2) is 27.7 Å². The summed E-state index contributed by atoms with van der Waals surface area (Å²) in [6.07, 6.45) is 5.47. The molecule has 156 valence electrons. The van der Waals surface area contributed by atoms with Crippen LogP contribution in [0.4, 0.5) is 0 Å². The summed E-state index contributed by atoms with van der Waals surface area (Å²) >= 11 is 3.50. The number of guanidine groups is 1. The van der Waals surface area contributed by atoms with Gasteiger partial charge in [-0.25, -0.2) is 0 Å². The lowest BCUT2D eigenvalue weighted by Gasteiger charge is -2.21. The minimum atomic E-state index is 0. The van der Waals surface area contributed by atoms with Crippen LogP contribution in [-0.4, -0.2) is 50.1 Å². The zero-order chi connectivity index (χ0) is 19.2. The van der Waals surface area contributed by atoms with Crippen molar-refractivity contribution in [2.24, 2.45) is 10.9 Å². The Morgan fingerprint density at radius 3 is 2.75 bits per heavy atom. The van der Waals surface area contributed by atoms with Gasteiger partial charge in [-0.2, -0.15) is 0 Å². The fourth-order valence-electron chi connectivity index (χ4n) is 3.96. The SMILES string of the molecule is CN=C(NCc1cc(Br)ccc1OC)NC1CCN(C(=O)C2CCCC2)C1.I. The van der Waals surface area contributed by atoms with Gasteiger partial charge in [-0.15, -0.1) is 24.0 Å². The van der Waals surface area contributed by atoms with E-state index in [0.717, 1.165) is 54.1 Å². The molecule has 0 bridgehead atoms. The molecule has 1 saturated heterocycles. The summed E-state index contributed by atoms with van der Waals surface area (Å²) in [6, 6.07) is 6.19. The molecule has 0 aromatic heterocycles. The van der Waals surface area contributed by atoms with Crippen molar-refractivity contribution >= 4 is 51.8 Å². The van der Waals surface area contributed by atoms with Crippen molar-refractivity contribution in [1.82, 2.24) is 15.5 Å². The molecule has 0 spiro atoms. The third-order valence-electron chi connectivity index (χ3n) is 5.46. The molecule has 1 heterocycles. The van der Waals surface area contributed by atoms with Crippen LogP contribution in [0, 0.1) is 5.92 Å². The zero-order valence-electron chi connectivity index (χ0n) is 16.5. The number of aliphatic imine (C=N–C) groups is 1. The average Bonchev–Trinajstić information content (AvgIpc) is 3.36.